The van der Waals surface area contributed by atoms with E-state index in [0.717, 1.165) is 11.8 Å². The Balaban J connectivity index is 2.76. The first-order valence-electron chi connectivity index (χ1n) is 9.07. The first kappa shape index (κ1) is 21.1. The van der Waals surface area contributed by atoms with Gasteiger partial charge in [0.1, 0.15) is 6.29 Å². The smallest absolute Gasteiger partial charge is 0.200 e. The number of hydrogen-bond donors (Lipinski definition) is 0. The van der Waals surface area contributed by atoms with Crippen molar-refractivity contribution < 1.29 is 14.0 Å². The minimum Gasteiger partial charge on any atom is -0.410 e. The highest BCUT2D eigenvalue weighted by Gasteiger charge is 2.46. The molecule has 1 atom stereocenters. The highest BCUT2D eigenvalue weighted by Crippen LogP contribution is 2.43. The van der Waals surface area contributed by atoms with Crippen molar-refractivity contribution in [2.24, 2.45) is 0 Å². The second-order valence-electron chi connectivity index (χ2n) is 7.46. The summed E-state index contributed by atoms with van der Waals surface area (Å²) < 4.78 is 12.5. The monoisotopic (exact) mass is 350 g/mol. The molecule has 0 unspecified atom stereocenters. The molecule has 0 aromatic heterocycles. The number of carbonyl (C=O) groups excluding carboxylic acids is 1. The minimum absolute atomic E-state index is 0.148. The summed E-state index contributed by atoms with van der Waals surface area (Å²) >= 11 is 0. The van der Waals surface area contributed by atoms with Crippen LogP contribution in [-0.2, 0) is 20.6 Å². The Morgan fingerprint density at radius 2 is 1.50 bits per heavy atom. The minimum atomic E-state index is -2.00. The van der Waals surface area contributed by atoms with Crippen molar-refractivity contribution in [2.45, 2.75) is 77.3 Å². The van der Waals surface area contributed by atoms with Gasteiger partial charge in [0, 0.05) is 6.42 Å². The fraction of sp³-hybridized carbons (Fsp3) is 0.650. The molecule has 0 spiro atoms. The normalized spacial score (nSPS) is 13.7. The van der Waals surface area contributed by atoms with Gasteiger partial charge in [0.2, 0.25) is 8.32 Å². The molecule has 1 aromatic rings. The maximum absolute atomic E-state index is 11.1. The van der Waals surface area contributed by atoms with E-state index in [9.17, 15) is 4.79 Å². The molecule has 0 bridgehead atoms. The lowest BCUT2D eigenvalue weighted by atomic mass is 10.2. The van der Waals surface area contributed by atoms with Crippen LogP contribution in [0.5, 0.6) is 0 Å². The van der Waals surface area contributed by atoms with E-state index in [2.05, 4.69) is 41.5 Å². The topological polar surface area (TPSA) is 35.5 Å². The average Bonchev–Trinajstić information content (AvgIpc) is 2.52. The Hall–Kier alpha value is -0.973. The summed E-state index contributed by atoms with van der Waals surface area (Å²) in [6.07, 6.45) is 1.21. The molecular formula is C20H34O3Si. The maximum atomic E-state index is 11.1. The third kappa shape index (κ3) is 5.54. The molecule has 0 radical (unpaired) electrons. The first-order chi connectivity index (χ1) is 11.3. The van der Waals surface area contributed by atoms with E-state index in [4.69, 9.17) is 9.16 Å². The van der Waals surface area contributed by atoms with Crippen LogP contribution in [0.1, 0.15) is 53.5 Å². The Kier molecular flexibility index (Phi) is 8.88. The second kappa shape index (κ2) is 10.1. The van der Waals surface area contributed by atoms with Crippen LogP contribution in [0.3, 0.4) is 0 Å². The van der Waals surface area contributed by atoms with Gasteiger partial charge >= 0.3 is 0 Å². The maximum Gasteiger partial charge on any atom is 0.200 e. The van der Waals surface area contributed by atoms with E-state index in [1.807, 2.05) is 30.3 Å². The zero-order chi connectivity index (χ0) is 18.2. The second-order valence-corrected chi connectivity index (χ2v) is 12.9. The SMILES string of the molecule is CC(C)[Si](O[C@@H](CC=O)COCc1ccccc1)(C(C)C)C(C)C. The molecule has 0 amide bonds. The Labute approximate surface area is 148 Å². The lowest BCUT2D eigenvalue weighted by Gasteiger charge is -2.44. The highest BCUT2D eigenvalue weighted by atomic mass is 28.4. The molecule has 0 saturated carbocycles. The Morgan fingerprint density at radius 3 is 1.96 bits per heavy atom. The summed E-state index contributed by atoms with van der Waals surface area (Å²) in [4.78, 5) is 11.1. The summed E-state index contributed by atoms with van der Waals surface area (Å²) in [5.41, 5.74) is 2.64. The largest absolute Gasteiger partial charge is 0.410 e. The number of carbonyl (C=O) groups is 1. The lowest BCUT2D eigenvalue weighted by Crippen LogP contribution is -2.51. The van der Waals surface area contributed by atoms with E-state index in [1.165, 1.54) is 0 Å². The van der Waals surface area contributed by atoms with Gasteiger partial charge in [-0.25, -0.2) is 0 Å². The molecule has 136 valence electrons. The van der Waals surface area contributed by atoms with Gasteiger partial charge in [-0.3, -0.25) is 0 Å². The van der Waals surface area contributed by atoms with Crippen LogP contribution < -0.4 is 0 Å². The molecule has 0 aliphatic carbocycles. The van der Waals surface area contributed by atoms with Gasteiger partial charge in [-0.15, -0.1) is 0 Å². The van der Waals surface area contributed by atoms with Crippen LogP contribution in [0, 0.1) is 0 Å². The summed E-state index contributed by atoms with van der Waals surface area (Å²) in [5.74, 6) is 0. The molecule has 1 rings (SSSR count). The van der Waals surface area contributed by atoms with Crippen LogP contribution in [0.25, 0.3) is 0 Å². The molecule has 0 aliphatic rings. The standard InChI is InChI=1S/C20H34O3Si/c1-16(2)24(17(3)4,18(5)6)23-20(12-13-21)15-22-14-19-10-8-7-9-11-19/h7-11,13,16-18,20H,12,14-15H2,1-6H3/t20-/m0/s1. The van der Waals surface area contributed by atoms with Crippen molar-refractivity contribution in [3.63, 3.8) is 0 Å². The van der Waals surface area contributed by atoms with Crippen molar-refractivity contribution in [2.75, 3.05) is 6.61 Å². The number of benzene rings is 1. The molecule has 0 fully saturated rings. The third-order valence-corrected chi connectivity index (χ3v) is 11.0. The van der Waals surface area contributed by atoms with Crippen LogP contribution in [-0.4, -0.2) is 27.3 Å². The van der Waals surface area contributed by atoms with Crippen molar-refractivity contribution in [1.82, 2.24) is 0 Å². The molecule has 3 nitrogen and oxygen atoms in total. The summed E-state index contributed by atoms with van der Waals surface area (Å²) in [5, 5.41) is 0. The third-order valence-electron chi connectivity index (χ3n) is 4.85. The van der Waals surface area contributed by atoms with Gasteiger partial charge in [-0.1, -0.05) is 71.9 Å². The van der Waals surface area contributed by atoms with Crippen molar-refractivity contribution in [3.8, 4) is 0 Å². The lowest BCUT2D eigenvalue weighted by molar-refractivity contribution is -0.110. The molecule has 0 saturated heterocycles. The zero-order valence-electron chi connectivity index (χ0n) is 16.1. The van der Waals surface area contributed by atoms with E-state index in [1.54, 1.807) is 0 Å². The molecule has 1 aromatic carbocycles. The number of aldehydes is 1. The van der Waals surface area contributed by atoms with Crippen molar-refractivity contribution in [3.05, 3.63) is 35.9 Å². The van der Waals surface area contributed by atoms with Crippen molar-refractivity contribution in [1.29, 1.82) is 0 Å². The van der Waals surface area contributed by atoms with E-state index in [-0.39, 0.29) is 6.10 Å². The quantitative estimate of drug-likeness (QED) is 0.398. The number of rotatable bonds is 11. The molecule has 0 N–H and O–H groups in total. The molecule has 4 heteroatoms. The van der Waals surface area contributed by atoms with Crippen LogP contribution in [0.2, 0.25) is 16.6 Å². The van der Waals surface area contributed by atoms with Gasteiger partial charge in [-0.2, -0.15) is 0 Å². The van der Waals surface area contributed by atoms with Crippen LogP contribution in [0.4, 0.5) is 0 Å². The summed E-state index contributed by atoms with van der Waals surface area (Å²) in [7, 11) is -2.00. The van der Waals surface area contributed by atoms with E-state index in [0.29, 0.717) is 36.3 Å². The van der Waals surface area contributed by atoms with Crippen molar-refractivity contribution >= 4 is 14.6 Å². The molecule has 0 heterocycles. The first-order valence-corrected chi connectivity index (χ1v) is 11.2. The van der Waals surface area contributed by atoms with Gasteiger partial charge < -0.3 is 14.0 Å². The van der Waals surface area contributed by atoms with Gasteiger partial charge in [-0.05, 0) is 22.2 Å². The van der Waals surface area contributed by atoms with Crippen LogP contribution in [0.15, 0.2) is 30.3 Å². The fourth-order valence-corrected chi connectivity index (χ4v) is 9.39. The zero-order valence-corrected chi connectivity index (χ0v) is 17.1. The number of hydrogen-bond acceptors (Lipinski definition) is 3. The summed E-state index contributed by atoms with van der Waals surface area (Å²) in [6, 6.07) is 10.1. The van der Waals surface area contributed by atoms with Gasteiger partial charge in [0.25, 0.3) is 0 Å². The molecule has 24 heavy (non-hydrogen) atoms. The predicted octanol–water partition coefficient (Wildman–Crippen LogP) is 5.35. The van der Waals surface area contributed by atoms with Gasteiger partial charge in [0.15, 0.2) is 0 Å². The summed E-state index contributed by atoms with van der Waals surface area (Å²) in [6.45, 7) is 14.6. The fourth-order valence-electron chi connectivity index (χ4n) is 3.84. The number of ether oxygens (including phenoxy) is 1. The van der Waals surface area contributed by atoms with Crippen LogP contribution >= 0.6 is 0 Å². The predicted molar refractivity (Wildman–Crippen MR) is 103 cm³/mol. The van der Waals surface area contributed by atoms with Gasteiger partial charge in [0.05, 0.1) is 19.3 Å². The van der Waals surface area contributed by atoms with E-state index >= 15 is 0 Å². The molecule has 0 aliphatic heterocycles. The average molecular weight is 351 g/mol. The Bertz CT molecular complexity index is 449. The highest BCUT2D eigenvalue weighted by molar-refractivity contribution is 6.77. The van der Waals surface area contributed by atoms with E-state index < -0.39 is 8.32 Å². The molecular weight excluding hydrogens is 316 g/mol. The Morgan fingerprint density at radius 1 is 0.958 bits per heavy atom.